The standard InChI is InChI=1S/C8H12O5/c1-4(9)11-8-7-6(3-10-8)12-5(2)13-7/h5-8H,3H2,1-2H3. The van der Waals surface area contributed by atoms with Crippen LogP contribution < -0.4 is 0 Å². The van der Waals surface area contributed by atoms with Crippen molar-refractivity contribution in [3.8, 4) is 0 Å². The van der Waals surface area contributed by atoms with E-state index in [0.29, 0.717) is 6.61 Å². The van der Waals surface area contributed by atoms with E-state index in [1.165, 1.54) is 6.92 Å². The van der Waals surface area contributed by atoms with Crippen LogP contribution in [-0.2, 0) is 23.7 Å². The molecule has 4 unspecified atom stereocenters. The molecular weight excluding hydrogens is 176 g/mol. The fourth-order valence-electron chi connectivity index (χ4n) is 1.59. The fraction of sp³-hybridized carbons (Fsp3) is 0.875. The van der Waals surface area contributed by atoms with Gasteiger partial charge in [0.25, 0.3) is 0 Å². The minimum absolute atomic E-state index is 0.0978. The number of ether oxygens (including phenoxy) is 4. The van der Waals surface area contributed by atoms with E-state index in [-0.39, 0.29) is 24.5 Å². The summed E-state index contributed by atoms with van der Waals surface area (Å²) in [6.45, 7) is 3.58. The third-order valence-electron chi connectivity index (χ3n) is 2.06. The van der Waals surface area contributed by atoms with Gasteiger partial charge in [-0.15, -0.1) is 0 Å². The van der Waals surface area contributed by atoms with E-state index in [9.17, 15) is 4.79 Å². The Kier molecular flexibility index (Phi) is 2.23. The summed E-state index contributed by atoms with van der Waals surface area (Å²) < 4.78 is 20.8. The number of carbonyl (C=O) groups is 1. The van der Waals surface area contributed by atoms with Crippen LogP contribution in [-0.4, -0.2) is 37.4 Å². The molecule has 0 radical (unpaired) electrons. The molecule has 4 atom stereocenters. The molecule has 13 heavy (non-hydrogen) atoms. The SMILES string of the molecule is CC(=O)OC1OCC2OC(C)OC21. The number of carbonyl (C=O) groups excluding carboxylic acids is 1. The Labute approximate surface area is 75.9 Å². The van der Waals surface area contributed by atoms with Gasteiger partial charge in [0.15, 0.2) is 12.4 Å². The van der Waals surface area contributed by atoms with Crippen molar-refractivity contribution in [3.63, 3.8) is 0 Å². The lowest BCUT2D eigenvalue weighted by Gasteiger charge is -2.15. The van der Waals surface area contributed by atoms with Gasteiger partial charge in [-0.25, -0.2) is 0 Å². The number of esters is 1. The van der Waals surface area contributed by atoms with Crippen molar-refractivity contribution in [3.05, 3.63) is 0 Å². The number of hydrogen-bond acceptors (Lipinski definition) is 5. The molecule has 0 aromatic heterocycles. The lowest BCUT2D eigenvalue weighted by Crippen LogP contribution is -2.31. The number of hydrogen-bond donors (Lipinski definition) is 0. The average Bonchev–Trinajstić information content (AvgIpc) is 2.51. The zero-order valence-corrected chi connectivity index (χ0v) is 7.56. The predicted octanol–water partition coefficient (Wildman–Crippen LogP) is 0.0358. The van der Waals surface area contributed by atoms with Gasteiger partial charge in [-0.1, -0.05) is 0 Å². The summed E-state index contributed by atoms with van der Waals surface area (Å²) in [6, 6.07) is 0. The molecular formula is C8H12O5. The highest BCUT2D eigenvalue weighted by atomic mass is 16.8. The third-order valence-corrected chi connectivity index (χ3v) is 2.06. The van der Waals surface area contributed by atoms with Crippen LogP contribution in [0.4, 0.5) is 0 Å². The van der Waals surface area contributed by atoms with E-state index >= 15 is 0 Å². The minimum Gasteiger partial charge on any atom is -0.433 e. The van der Waals surface area contributed by atoms with Crippen molar-refractivity contribution < 1.29 is 23.7 Å². The summed E-state index contributed by atoms with van der Waals surface area (Å²) in [6.07, 6.45) is -1.21. The first kappa shape index (κ1) is 8.93. The van der Waals surface area contributed by atoms with Crippen LogP contribution >= 0.6 is 0 Å². The van der Waals surface area contributed by atoms with Crippen LogP contribution in [0.5, 0.6) is 0 Å². The lowest BCUT2D eigenvalue weighted by atomic mass is 10.2. The molecule has 0 bridgehead atoms. The van der Waals surface area contributed by atoms with Gasteiger partial charge >= 0.3 is 5.97 Å². The number of fused-ring (bicyclic) bond motifs is 1. The Balaban J connectivity index is 1.96. The maximum absolute atomic E-state index is 10.7. The highest BCUT2D eigenvalue weighted by Crippen LogP contribution is 2.29. The first-order valence-corrected chi connectivity index (χ1v) is 4.26. The van der Waals surface area contributed by atoms with E-state index in [0.717, 1.165) is 0 Å². The first-order chi connectivity index (χ1) is 6.16. The molecule has 0 saturated carbocycles. The second-order valence-corrected chi connectivity index (χ2v) is 3.15. The molecule has 5 heteroatoms. The molecule has 2 aliphatic heterocycles. The van der Waals surface area contributed by atoms with Crippen LogP contribution in [0.15, 0.2) is 0 Å². The Morgan fingerprint density at radius 1 is 1.46 bits per heavy atom. The van der Waals surface area contributed by atoms with E-state index in [1.54, 1.807) is 0 Å². The van der Waals surface area contributed by atoms with Crippen LogP contribution in [0.2, 0.25) is 0 Å². The molecule has 0 aromatic carbocycles. The minimum atomic E-state index is -0.604. The number of rotatable bonds is 1. The molecule has 0 aliphatic carbocycles. The first-order valence-electron chi connectivity index (χ1n) is 4.26. The van der Waals surface area contributed by atoms with Crippen molar-refractivity contribution >= 4 is 5.97 Å². The van der Waals surface area contributed by atoms with Gasteiger partial charge in [-0.3, -0.25) is 4.79 Å². The molecule has 0 aromatic rings. The quantitative estimate of drug-likeness (QED) is 0.543. The van der Waals surface area contributed by atoms with Crippen LogP contribution in [0.1, 0.15) is 13.8 Å². The van der Waals surface area contributed by atoms with Crippen LogP contribution in [0.25, 0.3) is 0 Å². The Morgan fingerprint density at radius 3 is 2.92 bits per heavy atom. The van der Waals surface area contributed by atoms with E-state index in [4.69, 9.17) is 18.9 Å². The molecule has 74 valence electrons. The normalized spacial score (nSPS) is 43.2. The van der Waals surface area contributed by atoms with Gasteiger partial charge in [-0.2, -0.15) is 0 Å². The van der Waals surface area contributed by atoms with E-state index in [2.05, 4.69) is 0 Å². The van der Waals surface area contributed by atoms with Crippen molar-refractivity contribution in [2.75, 3.05) is 6.61 Å². The zero-order valence-electron chi connectivity index (χ0n) is 7.56. The van der Waals surface area contributed by atoms with Crippen molar-refractivity contribution in [1.29, 1.82) is 0 Å². The van der Waals surface area contributed by atoms with Gasteiger partial charge in [0.05, 0.1) is 6.61 Å². The molecule has 5 nitrogen and oxygen atoms in total. The highest BCUT2D eigenvalue weighted by molar-refractivity contribution is 5.66. The topological polar surface area (TPSA) is 54.0 Å². The van der Waals surface area contributed by atoms with Gasteiger partial charge in [0, 0.05) is 6.92 Å². The smallest absolute Gasteiger partial charge is 0.305 e. The van der Waals surface area contributed by atoms with Crippen LogP contribution in [0.3, 0.4) is 0 Å². The summed E-state index contributed by atoms with van der Waals surface area (Å²) in [5.74, 6) is -0.367. The third kappa shape index (κ3) is 1.67. The monoisotopic (exact) mass is 188 g/mol. The zero-order chi connectivity index (χ0) is 9.42. The second-order valence-electron chi connectivity index (χ2n) is 3.15. The fourth-order valence-corrected chi connectivity index (χ4v) is 1.59. The Hall–Kier alpha value is -0.650. The molecule has 2 aliphatic rings. The molecule has 2 saturated heterocycles. The maximum atomic E-state index is 10.7. The lowest BCUT2D eigenvalue weighted by molar-refractivity contribution is -0.194. The van der Waals surface area contributed by atoms with Crippen LogP contribution in [0, 0.1) is 0 Å². The Morgan fingerprint density at radius 2 is 2.23 bits per heavy atom. The summed E-state index contributed by atoms with van der Waals surface area (Å²) in [7, 11) is 0. The molecule has 2 heterocycles. The molecule has 0 spiro atoms. The summed E-state index contributed by atoms with van der Waals surface area (Å²) in [5, 5.41) is 0. The van der Waals surface area contributed by atoms with Gasteiger partial charge < -0.3 is 18.9 Å². The summed E-state index contributed by atoms with van der Waals surface area (Å²) in [5.41, 5.74) is 0. The molecule has 2 fully saturated rings. The average molecular weight is 188 g/mol. The van der Waals surface area contributed by atoms with E-state index < -0.39 is 6.29 Å². The van der Waals surface area contributed by atoms with Gasteiger partial charge in [0.1, 0.15) is 6.10 Å². The van der Waals surface area contributed by atoms with Crippen molar-refractivity contribution in [1.82, 2.24) is 0 Å². The maximum Gasteiger partial charge on any atom is 0.305 e. The van der Waals surface area contributed by atoms with Crippen molar-refractivity contribution in [2.24, 2.45) is 0 Å². The summed E-state index contributed by atoms with van der Waals surface area (Å²) in [4.78, 5) is 10.7. The second kappa shape index (κ2) is 3.25. The molecule has 0 amide bonds. The Bertz CT molecular complexity index is 217. The highest BCUT2D eigenvalue weighted by Gasteiger charge is 2.47. The van der Waals surface area contributed by atoms with Crippen molar-refractivity contribution in [2.45, 2.75) is 38.6 Å². The van der Waals surface area contributed by atoms with Gasteiger partial charge in [-0.05, 0) is 6.92 Å². The molecule has 0 N–H and O–H groups in total. The van der Waals surface area contributed by atoms with Gasteiger partial charge in [0.2, 0.25) is 6.29 Å². The van der Waals surface area contributed by atoms with E-state index in [1.807, 2.05) is 6.92 Å². The predicted molar refractivity (Wildman–Crippen MR) is 40.7 cm³/mol. The molecule has 2 rings (SSSR count). The summed E-state index contributed by atoms with van der Waals surface area (Å²) >= 11 is 0. The largest absolute Gasteiger partial charge is 0.433 e.